The first-order chi connectivity index (χ1) is 8.63. The highest BCUT2D eigenvalue weighted by molar-refractivity contribution is 8.00. The summed E-state index contributed by atoms with van der Waals surface area (Å²) in [6.45, 7) is 2.50. The summed E-state index contributed by atoms with van der Waals surface area (Å²) in [5.41, 5.74) is 0. The molecule has 0 bridgehead atoms. The van der Waals surface area contributed by atoms with Gasteiger partial charge in [0, 0.05) is 11.4 Å². The van der Waals surface area contributed by atoms with Crippen LogP contribution in [0.3, 0.4) is 0 Å². The average molecular weight is 271 g/mol. The Morgan fingerprint density at radius 1 is 1.39 bits per heavy atom. The molecule has 1 aromatic carbocycles. The van der Waals surface area contributed by atoms with Gasteiger partial charge in [-0.15, -0.1) is 11.8 Å². The van der Waals surface area contributed by atoms with Gasteiger partial charge in [-0.3, -0.25) is 4.79 Å². The molecule has 0 unspecified atom stereocenters. The average Bonchev–Trinajstić information content (AvgIpc) is 2.36. The van der Waals surface area contributed by atoms with E-state index in [2.05, 4.69) is 5.32 Å². The molecule has 0 aromatic heterocycles. The summed E-state index contributed by atoms with van der Waals surface area (Å²) in [6, 6.07) is 3.60. The van der Waals surface area contributed by atoms with Crippen molar-refractivity contribution in [2.75, 3.05) is 12.3 Å². The number of halogens is 2. The van der Waals surface area contributed by atoms with Gasteiger partial charge in [0.25, 0.3) is 0 Å². The van der Waals surface area contributed by atoms with E-state index in [4.69, 9.17) is 0 Å². The van der Waals surface area contributed by atoms with Gasteiger partial charge in [0.1, 0.15) is 0 Å². The van der Waals surface area contributed by atoms with Crippen LogP contribution < -0.4 is 5.32 Å². The van der Waals surface area contributed by atoms with E-state index >= 15 is 0 Å². The second-order valence-electron chi connectivity index (χ2n) is 3.57. The van der Waals surface area contributed by atoms with Gasteiger partial charge < -0.3 is 5.32 Å². The van der Waals surface area contributed by atoms with Crippen molar-refractivity contribution < 1.29 is 13.6 Å². The second-order valence-corrected chi connectivity index (χ2v) is 4.62. The molecule has 0 atom stereocenters. The number of carbonyl (C=O) groups is 1. The summed E-state index contributed by atoms with van der Waals surface area (Å²) in [6.07, 6.45) is 4.67. The fraction of sp³-hybridized carbons (Fsp3) is 0.308. The van der Waals surface area contributed by atoms with Gasteiger partial charge in [-0.2, -0.15) is 0 Å². The zero-order valence-corrected chi connectivity index (χ0v) is 10.9. The first kappa shape index (κ1) is 14.7. The van der Waals surface area contributed by atoms with Crippen molar-refractivity contribution >= 4 is 17.7 Å². The Kier molecular flexibility index (Phi) is 6.43. The number of nitrogens with one attached hydrogen (secondary N) is 1. The number of hydrogen-bond donors (Lipinski definition) is 1. The molecule has 18 heavy (non-hydrogen) atoms. The van der Waals surface area contributed by atoms with Crippen molar-refractivity contribution in [1.29, 1.82) is 0 Å². The molecular weight excluding hydrogens is 256 g/mol. The molecule has 0 heterocycles. The minimum atomic E-state index is -0.895. The molecule has 0 saturated heterocycles. The summed E-state index contributed by atoms with van der Waals surface area (Å²) in [5, 5.41) is 2.73. The predicted octanol–water partition coefficient (Wildman–Crippen LogP) is 3.14. The maximum Gasteiger partial charge on any atom is 0.230 e. The number of carbonyl (C=O) groups excluding carboxylic acids is 1. The maximum absolute atomic E-state index is 12.9. The molecular formula is C13H15F2NOS. The fourth-order valence-electron chi connectivity index (χ4n) is 1.23. The molecule has 0 spiro atoms. The lowest BCUT2D eigenvalue weighted by Gasteiger charge is -2.04. The minimum Gasteiger partial charge on any atom is -0.355 e. The molecule has 2 nitrogen and oxygen atoms in total. The number of benzene rings is 1. The van der Waals surface area contributed by atoms with Gasteiger partial charge in [-0.05, 0) is 31.5 Å². The van der Waals surface area contributed by atoms with Crippen molar-refractivity contribution in [3.8, 4) is 0 Å². The summed E-state index contributed by atoms with van der Waals surface area (Å²) < 4.78 is 25.6. The monoisotopic (exact) mass is 271 g/mol. The molecule has 0 aliphatic carbocycles. The van der Waals surface area contributed by atoms with Gasteiger partial charge in [0.05, 0.1) is 5.75 Å². The predicted molar refractivity (Wildman–Crippen MR) is 69.5 cm³/mol. The topological polar surface area (TPSA) is 29.1 Å². The third-order valence-corrected chi connectivity index (χ3v) is 3.12. The fourth-order valence-corrected chi connectivity index (χ4v) is 1.98. The summed E-state index contributed by atoms with van der Waals surface area (Å²) in [5.74, 6) is -1.70. The van der Waals surface area contributed by atoms with E-state index in [1.165, 1.54) is 17.8 Å². The van der Waals surface area contributed by atoms with E-state index < -0.39 is 11.6 Å². The molecule has 0 radical (unpaired) electrons. The van der Waals surface area contributed by atoms with Crippen LogP contribution in [0, 0.1) is 11.6 Å². The Balaban J connectivity index is 2.31. The normalized spacial score (nSPS) is 10.8. The Morgan fingerprint density at radius 3 is 2.83 bits per heavy atom. The van der Waals surface area contributed by atoms with Crippen molar-refractivity contribution in [3.63, 3.8) is 0 Å². The van der Waals surface area contributed by atoms with E-state index in [1.54, 1.807) is 0 Å². The zero-order chi connectivity index (χ0) is 13.4. The van der Waals surface area contributed by atoms with Crippen LogP contribution in [0.4, 0.5) is 8.78 Å². The van der Waals surface area contributed by atoms with Crippen LogP contribution in [-0.4, -0.2) is 18.2 Å². The number of allylic oxidation sites excluding steroid dienone is 1. The van der Waals surface area contributed by atoms with E-state index in [0.29, 0.717) is 11.4 Å². The van der Waals surface area contributed by atoms with Crippen molar-refractivity contribution in [2.45, 2.75) is 18.2 Å². The minimum absolute atomic E-state index is 0.116. The standard InChI is InChI=1S/C13H15F2NOS/c1-2-3-4-7-16-13(17)9-18-10-5-6-11(14)12(15)8-10/h2-3,5-6,8H,4,7,9H2,1H3,(H,16,17)/b3-2+. The lowest BCUT2D eigenvalue weighted by Crippen LogP contribution is -2.25. The van der Waals surface area contributed by atoms with E-state index in [9.17, 15) is 13.6 Å². The van der Waals surface area contributed by atoms with Crippen LogP contribution in [0.2, 0.25) is 0 Å². The van der Waals surface area contributed by atoms with Crippen LogP contribution in [0.1, 0.15) is 13.3 Å². The smallest absolute Gasteiger partial charge is 0.230 e. The van der Waals surface area contributed by atoms with Crippen molar-refractivity contribution in [2.24, 2.45) is 0 Å². The van der Waals surface area contributed by atoms with Crippen LogP contribution in [-0.2, 0) is 4.79 Å². The Bertz CT molecular complexity index is 435. The highest BCUT2D eigenvalue weighted by Gasteiger charge is 2.05. The molecule has 1 rings (SSSR count). The summed E-state index contributed by atoms with van der Waals surface area (Å²) >= 11 is 1.18. The number of thioether (sulfide) groups is 1. The number of amides is 1. The third kappa shape index (κ3) is 5.31. The second kappa shape index (κ2) is 7.87. The van der Waals surface area contributed by atoms with Gasteiger partial charge in [0.15, 0.2) is 11.6 Å². The van der Waals surface area contributed by atoms with Gasteiger partial charge in [-0.1, -0.05) is 12.2 Å². The molecule has 0 aliphatic rings. The van der Waals surface area contributed by atoms with Crippen LogP contribution >= 0.6 is 11.8 Å². The summed E-state index contributed by atoms with van der Waals surface area (Å²) in [4.78, 5) is 11.9. The van der Waals surface area contributed by atoms with E-state index in [0.717, 1.165) is 18.6 Å². The van der Waals surface area contributed by atoms with Gasteiger partial charge in [0.2, 0.25) is 5.91 Å². The molecule has 1 N–H and O–H groups in total. The first-order valence-corrected chi connectivity index (χ1v) is 6.57. The van der Waals surface area contributed by atoms with Crippen molar-refractivity contribution in [1.82, 2.24) is 5.32 Å². The molecule has 5 heteroatoms. The zero-order valence-electron chi connectivity index (χ0n) is 10.1. The summed E-state index contributed by atoms with van der Waals surface area (Å²) in [7, 11) is 0. The molecule has 0 fully saturated rings. The van der Waals surface area contributed by atoms with E-state index in [-0.39, 0.29) is 11.7 Å². The van der Waals surface area contributed by atoms with Gasteiger partial charge >= 0.3 is 0 Å². The highest BCUT2D eigenvalue weighted by Crippen LogP contribution is 2.19. The van der Waals surface area contributed by atoms with Crippen molar-refractivity contribution in [3.05, 3.63) is 42.0 Å². The van der Waals surface area contributed by atoms with Gasteiger partial charge in [-0.25, -0.2) is 8.78 Å². The Morgan fingerprint density at radius 2 is 2.17 bits per heavy atom. The maximum atomic E-state index is 12.9. The molecule has 0 aliphatic heterocycles. The Hall–Kier alpha value is -1.36. The lowest BCUT2D eigenvalue weighted by molar-refractivity contribution is -0.118. The highest BCUT2D eigenvalue weighted by atomic mass is 32.2. The lowest BCUT2D eigenvalue weighted by atomic mass is 10.3. The van der Waals surface area contributed by atoms with Crippen LogP contribution in [0.15, 0.2) is 35.2 Å². The third-order valence-electron chi connectivity index (χ3n) is 2.13. The molecule has 1 aromatic rings. The molecule has 98 valence electrons. The molecule has 0 saturated carbocycles. The number of rotatable bonds is 6. The number of hydrogen-bond acceptors (Lipinski definition) is 2. The SMILES string of the molecule is C/C=C/CCNC(=O)CSc1ccc(F)c(F)c1. The largest absolute Gasteiger partial charge is 0.355 e. The first-order valence-electron chi connectivity index (χ1n) is 5.59. The quantitative estimate of drug-likeness (QED) is 0.489. The van der Waals surface area contributed by atoms with Crippen LogP contribution in [0.25, 0.3) is 0 Å². The van der Waals surface area contributed by atoms with E-state index in [1.807, 2.05) is 19.1 Å². The van der Waals surface area contributed by atoms with Crippen LogP contribution in [0.5, 0.6) is 0 Å². The molecule has 1 amide bonds. The Labute approximate surface area is 109 Å².